The molecule has 1 amide bonds. The molecule has 4 heteroatoms. The predicted molar refractivity (Wildman–Crippen MR) is 44.8 cm³/mol. The van der Waals surface area contributed by atoms with Crippen LogP contribution in [0.3, 0.4) is 0 Å². The lowest BCUT2D eigenvalue weighted by molar-refractivity contribution is -0.109. The quantitative estimate of drug-likeness (QED) is 0.539. The van der Waals surface area contributed by atoms with E-state index in [2.05, 4.69) is 10.5 Å². The van der Waals surface area contributed by atoms with Crippen molar-refractivity contribution >= 4 is 12.1 Å². The minimum absolute atomic E-state index is 0.393. The molecule has 1 aromatic rings. The van der Waals surface area contributed by atoms with Gasteiger partial charge in [0, 0.05) is 6.54 Å². The molecule has 1 N–H and O–H groups in total. The molecule has 0 unspecified atom stereocenters. The van der Waals surface area contributed by atoms with Crippen molar-refractivity contribution < 1.29 is 4.79 Å². The van der Waals surface area contributed by atoms with Gasteiger partial charge in [0.25, 0.3) is 0 Å². The Morgan fingerprint density at radius 1 is 1.33 bits per heavy atom. The second-order valence-corrected chi connectivity index (χ2v) is 2.26. The zero-order valence-corrected chi connectivity index (χ0v) is 6.36. The van der Waals surface area contributed by atoms with Crippen LogP contribution >= 0.6 is 0 Å². The van der Waals surface area contributed by atoms with Crippen molar-refractivity contribution in [2.24, 2.45) is 5.18 Å². The van der Waals surface area contributed by atoms with Gasteiger partial charge in [-0.3, -0.25) is 4.79 Å². The van der Waals surface area contributed by atoms with Crippen LogP contribution in [0.25, 0.3) is 0 Å². The first kappa shape index (κ1) is 8.39. The molecule has 12 heavy (non-hydrogen) atoms. The smallest absolute Gasteiger partial charge is 0.207 e. The molecule has 1 aromatic carbocycles. The Morgan fingerprint density at radius 3 is 2.50 bits per heavy atom. The first-order chi connectivity index (χ1) is 5.86. The summed E-state index contributed by atoms with van der Waals surface area (Å²) in [7, 11) is 0. The van der Waals surface area contributed by atoms with Gasteiger partial charge in [0.2, 0.25) is 6.41 Å². The number of hydrogen-bond acceptors (Lipinski definition) is 3. The summed E-state index contributed by atoms with van der Waals surface area (Å²) in [6.45, 7) is 0.475. The molecule has 0 fully saturated rings. The van der Waals surface area contributed by atoms with Crippen molar-refractivity contribution in [1.82, 2.24) is 5.32 Å². The van der Waals surface area contributed by atoms with Gasteiger partial charge in [0.05, 0.1) is 0 Å². The van der Waals surface area contributed by atoms with Gasteiger partial charge in [0.15, 0.2) is 0 Å². The average Bonchev–Trinajstić information content (AvgIpc) is 2.15. The second-order valence-electron chi connectivity index (χ2n) is 2.26. The highest BCUT2D eigenvalue weighted by molar-refractivity contribution is 5.46. The van der Waals surface area contributed by atoms with Crippen LogP contribution in [0.15, 0.2) is 29.4 Å². The largest absolute Gasteiger partial charge is 0.355 e. The third-order valence-corrected chi connectivity index (χ3v) is 1.43. The maximum absolute atomic E-state index is 10.0. The molecule has 0 heterocycles. The fourth-order valence-corrected chi connectivity index (χ4v) is 0.834. The molecular weight excluding hydrogens is 156 g/mol. The van der Waals surface area contributed by atoms with E-state index >= 15 is 0 Å². The highest BCUT2D eigenvalue weighted by atomic mass is 16.3. The monoisotopic (exact) mass is 164 g/mol. The second kappa shape index (κ2) is 4.23. The van der Waals surface area contributed by atoms with E-state index in [4.69, 9.17) is 0 Å². The van der Waals surface area contributed by atoms with Crippen molar-refractivity contribution in [2.45, 2.75) is 6.54 Å². The van der Waals surface area contributed by atoms with Gasteiger partial charge in [0.1, 0.15) is 5.69 Å². The molecule has 0 bridgehead atoms. The summed E-state index contributed by atoms with van der Waals surface area (Å²) in [5.74, 6) is 0. The van der Waals surface area contributed by atoms with Crippen LogP contribution in [0.5, 0.6) is 0 Å². The van der Waals surface area contributed by atoms with E-state index < -0.39 is 0 Å². The predicted octanol–water partition coefficient (Wildman–Crippen LogP) is 1.33. The lowest BCUT2D eigenvalue weighted by Crippen LogP contribution is -2.09. The van der Waals surface area contributed by atoms with E-state index in [0.717, 1.165) is 5.56 Å². The lowest BCUT2D eigenvalue weighted by atomic mass is 10.2. The summed E-state index contributed by atoms with van der Waals surface area (Å²) in [5, 5.41) is 5.26. The minimum Gasteiger partial charge on any atom is -0.355 e. The molecule has 0 atom stereocenters. The molecule has 62 valence electrons. The Morgan fingerprint density at radius 2 is 2.00 bits per heavy atom. The van der Waals surface area contributed by atoms with Gasteiger partial charge in [-0.25, -0.2) is 0 Å². The van der Waals surface area contributed by atoms with Crippen molar-refractivity contribution in [3.63, 3.8) is 0 Å². The topological polar surface area (TPSA) is 58.5 Å². The Bertz CT molecular complexity index is 269. The molecule has 0 radical (unpaired) electrons. The number of rotatable bonds is 4. The van der Waals surface area contributed by atoms with E-state index in [9.17, 15) is 9.70 Å². The van der Waals surface area contributed by atoms with Gasteiger partial charge in [-0.1, -0.05) is 12.1 Å². The van der Waals surface area contributed by atoms with Gasteiger partial charge >= 0.3 is 0 Å². The molecule has 1 rings (SSSR count). The number of nitroso groups, excluding NO2 is 1. The molecule has 0 aliphatic heterocycles. The van der Waals surface area contributed by atoms with Crippen molar-refractivity contribution in [1.29, 1.82) is 0 Å². The summed E-state index contributed by atoms with van der Waals surface area (Å²) in [6.07, 6.45) is 0.631. The van der Waals surface area contributed by atoms with Gasteiger partial charge in [-0.05, 0) is 22.9 Å². The molecule has 0 aliphatic rings. The molecule has 0 saturated heterocycles. The zero-order chi connectivity index (χ0) is 8.81. The van der Waals surface area contributed by atoms with Gasteiger partial charge in [-0.15, -0.1) is 4.91 Å². The van der Waals surface area contributed by atoms with E-state index in [1.165, 1.54) is 0 Å². The molecule has 0 aromatic heterocycles. The van der Waals surface area contributed by atoms with Crippen molar-refractivity contribution in [3.05, 3.63) is 34.7 Å². The van der Waals surface area contributed by atoms with Crippen LogP contribution in [0, 0.1) is 4.91 Å². The van der Waals surface area contributed by atoms with Crippen molar-refractivity contribution in [2.75, 3.05) is 0 Å². The average molecular weight is 164 g/mol. The van der Waals surface area contributed by atoms with Crippen LogP contribution in [-0.2, 0) is 11.3 Å². The van der Waals surface area contributed by atoms with E-state index in [-0.39, 0.29) is 0 Å². The Hall–Kier alpha value is -1.71. The third kappa shape index (κ3) is 2.16. The first-order valence-electron chi connectivity index (χ1n) is 3.46. The van der Waals surface area contributed by atoms with Gasteiger partial charge in [-0.2, -0.15) is 0 Å². The summed E-state index contributed by atoms with van der Waals surface area (Å²) in [6, 6.07) is 6.70. The Balaban J connectivity index is 2.64. The molecule has 0 spiro atoms. The molecule has 4 nitrogen and oxygen atoms in total. The molecule has 0 aliphatic carbocycles. The summed E-state index contributed by atoms with van der Waals surface area (Å²) in [5.41, 5.74) is 1.33. The van der Waals surface area contributed by atoms with Gasteiger partial charge < -0.3 is 5.32 Å². The standard InChI is InChI=1S/C8H8N2O2/c11-6-9-5-7-1-3-8(10-12)4-2-7/h1-4,6H,5H2,(H,9,11). The van der Waals surface area contributed by atoms with E-state index in [1.807, 2.05) is 0 Å². The van der Waals surface area contributed by atoms with Crippen LogP contribution in [0.4, 0.5) is 5.69 Å². The minimum atomic E-state index is 0.393. The summed E-state index contributed by atoms with van der Waals surface area (Å²) < 4.78 is 0. The van der Waals surface area contributed by atoms with Crippen LogP contribution in [-0.4, -0.2) is 6.41 Å². The molecular formula is C8H8N2O2. The lowest BCUT2D eigenvalue weighted by Gasteiger charge is -1.97. The van der Waals surface area contributed by atoms with Crippen molar-refractivity contribution in [3.8, 4) is 0 Å². The SMILES string of the molecule is O=CNCc1ccc(N=O)cc1. The summed E-state index contributed by atoms with van der Waals surface area (Å²) in [4.78, 5) is 19.9. The zero-order valence-electron chi connectivity index (χ0n) is 6.36. The highest BCUT2D eigenvalue weighted by Crippen LogP contribution is 2.11. The number of amides is 1. The third-order valence-electron chi connectivity index (χ3n) is 1.43. The molecule has 0 saturated carbocycles. The number of carbonyl (C=O) groups is 1. The van der Waals surface area contributed by atoms with E-state index in [1.54, 1.807) is 24.3 Å². The van der Waals surface area contributed by atoms with Crippen LogP contribution in [0.1, 0.15) is 5.56 Å². The summed E-state index contributed by atoms with van der Waals surface area (Å²) >= 11 is 0. The van der Waals surface area contributed by atoms with Crippen LogP contribution in [0.2, 0.25) is 0 Å². The maximum atomic E-state index is 10.0. The maximum Gasteiger partial charge on any atom is 0.207 e. The number of benzene rings is 1. The first-order valence-corrected chi connectivity index (χ1v) is 3.46. The number of carbonyl (C=O) groups excluding carboxylic acids is 1. The number of nitrogens with one attached hydrogen (secondary N) is 1. The van der Waals surface area contributed by atoms with E-state index in [0.29, 0.717) is 18.6 Å². The highest BCUT2D eigenvalue weighted by Gasteiger charge is 1.92. The number of nitrogens with zero attached hydrogens (tertiary/aromatic N) is 1. The fraction of sp³-hybridized carbons (Fsp3) is 0.125. The van der Waals surface area contributed by atoms with Crippen LogP contribution < -0.4 is 5.32 Å². The Labute approximate surface area is 69.6 Å². The number of hydrogen-bond donors (Lipinski definition) is 1. The fourth-order valence-electron chi connectivity index (χ4n) is 0.834. The Kier molecular flexibility index (Phi) is 2.95. The normalized spacial score (nSPS) is 9.00.